The fraction of sp³-hybridized carbons (Fsp3) is 0.615. The van der Waals surface area contributed by atoms with Gasteiger partial charge in [0.1, 0.15) is 12.0 Å². The van der Waals surface area contributed by atoms with Crippen LogP contribution < -0.4 is 5.32 Å². The molecule has 0 bridgehead atoms. The van der Waals surface area contributed by atoms with E-state index < -0.39 is 4.92 Å². The van der Waals surface area contributed by atoms with Crippen LogP contribution in [0.4, 0.5) is 11.5 Å². The molecule has 6 heteroatoms. The van der Waals surface area contributed by atoms with Crippen molar-refractivity contribution in [1.29, 1.82) is 0 Å². The number of pyridine rings is 1. The first-order valence-corrected chi connectivity index (χ1v) is 7.43. The van der Waals surface area contributed by atoms with E-state index in [1.165, 1.54) is 44.4 Å². The predicted octanol–water partition coefficient (Wildman–Crippen LogP) is 4.13. The van der Waals surface area contributed by atoms with Gasteiger partial charge in [0.15, 0.2) is 0 Å². The third kappa shape index (κ3) is 3.65. The van der Waals surface area contributed by atoms with Gasteiger partial charge in [-0.05, 0) is 41.6 Å². The summed E-state index contributed by atoms with van der Waals surface area (Å²) in [5.74, 6) is 1.35. The van der Waals surface area contributed by atoms with Crippen molar-refractivity contribution in [2.45, 2.75) is 45.1 Å². The summed E-state index contributed by atoms with van der Waals surface area (Å²) in [7, 11) is 0. The lowest BCUT2D eigenvalue weighted by Gasteiger charge is -2.28. The van der Waals surface area contributed by atoms with Gasteiger partial charge in [0.05, 0.1) is 9.40 Å². The van der Waals surface area contributed by atoms with Gasteiger partial charge in [-0.2, -0.15) is 0 Å². The molecule has 104 valence electrons. The molecule has 1 aromatic heterocycles. The van der Waals surface area contributed by atoms with E-state index >= 15 is 0 Å². The number of rotatable bonds is 4. The molecule has 2 rings (SSSR count). The minimum atomic E-state index is -0.438. The van der Waals surface area contributed by atoms with Crippen molar-refractivity contribution < 1.29 is 4.92 Å². The lowest BCUT2D eigenvalue weighted by molar-refractivity contribution is -0.385. The Morgan fingerprint density at radius 2 is 2.16 bits per heavy atom. The van der Waals surface area contributed by atoms with E-state index in [4.69, 9.17) is 0 Å². The van der Waals surface area contributed by atoms with Crippen LogP contribution in [-0.4, -0.2) is 15.9 Å². The number of nitrogens with zero attached hydrogens (tertiary/aromatic N) is 2. The van der Waals surface area contributed by atoms with Gasteiger partial charge in [-0.15, -0.1) is 0 Å². The van der Waals surface area contributed by atoms with Crippen molar-refractivity contribution >= 4 is 27.4 Å². The first kappa shape index (κ1) is 14.2. The van der Waals surface area contributed by atoms with Gasteiger partial charge >= 0.3 is 0 Å². The first-order valence-electron chi connectivity index (χ1n) is 6.64. The Balaban J connectivity index is 2.03. The van der Waals surface area contributed by atoms with Crippen molar-refractivity contribution in [2.24, 2.45) is 5.92 Å². The predicted molar refractivity (Wildman–Crippen MR) is 78.3 cm³/mol. The van der Waals surface area contributed by atoms with Crippen molar-refractivity contribution in [1.82, 2.24) is 4.98 Å². The molecule has 5 nitrogen and oxygen atoms in total. The number of nitro groups is 1. The molecule has 0 aromatic carbocycles. The molecule has 1 aliphatic carbocycles. The Morgan fingerprint density at radius 3 is 2.74 bits per heavy atom. The van der Waals surface area contributed by atoms with Gasteiger partial charge < -0.3 is 5.32 Å². The molecule has 1 aromatic rings. The average molecular weight is 328 g/mol. The zero-order chi connectivity index (χ0) is 13.8. The molecule has 0 aliphatic heterocycles. The lowest BCUT2D eigenvalue weighted by atomic mass is 9.84. The second-order valence-electron chi connectivity index (χ2n) is 5.11. The molecule has 1 atom stereocenters. The molecule has 1 saturated carbocycles. The van der Waals surface area contributed by atoms with Crippen LogP contribution in [0.15, 0.2) is 16.7 Å². The molecule has 0 amide bonds. The lowest BCUT2D eigenvalue weighted by Crippen LogP contribution is -2.28. The van der Waals surface area contributed by atoms with Crippen LogP contribution in [0.3, 0.4) is 0 Å². The number of hydrogen-bond donors (Lipinski definition) is 1. The molecule has 0 saturated heterocycles. The number of halogens is 1. The van der Waals surface area contributed by atoms with Gasteiger partial charge in [0.25, 0.3) is 5.69 Å². The highest BCUT2D eigenvalue weighted by atomic mass is 79.9. The molecular formula is C13H18BrN3O2. The normalized spacial score (nSPS) is 18.0. The van der Waals surface area contributed by atoms with Crippen molar-refractivity contribution in [3.05, 3.63) is 26.9 Å². The zero-order valence-electron chi connectivity index (χ0n) is 10.9. The Labute approximate surface area is 121 Å². The number of aromatic nitrogens is 1. The van der Waals surface area contributed by atoms with Crippen LogP contribution in [-0.2, 0) is 0 Å². The van der Waals surface area contributed by atoms with Crippen LogP contribution in [0.5, 0.6) is 0 Å². The standard InChI is InChI=1S/C13H18BrN3O2/c1-9(10-5-3-2-4-6-10)16-13-12(14)7-11(8-15-13)17(18)19/h7-10H,2-6H2,1H3,(H,15,16). The monoisotopic (exact) mass is 327 g/mol. The second kappa shape index (κ2) is 6.32. The highest BCUT2D eigenvalue weighted by Crippen LogP contribution is 2.30. The number of anilines is 1. The summed E-state index contributed by atoms with van der Waals surface area (Å²) in [6.07, 6.45) is 7.72. The van der Waals surface area contributed by atoms with Crippen LogP contribution in [0.1, 0.15) is 39.0 Å². The fourth-order valence-corrected chi connectivity index (χ4v) is 3.05. The van der Waals surface area contributed by atoms with Gasteiger partial charge in [-0.3, -0.25) is 10.1 Å². The maximum Gasteiger partial charge on any atom is 0.288 e. The van der Waals surface area contributed by atoms with Crippen LogP contribution in [0.2, 0.25) is 0 Å². The Kier molecular flexibility index (Phi) is 4.74. The molecule has 1 aliphatic rings. The zero-order valence-corrected chi connectivity index (χ0v) is 12.5. The third-order valence-corrected chi connectivity index (χ3v) is 4.36. The highest BCUT2D eigenvalue weighted by Gasteiger charge is 2.21. The van der Waals surface area contributed by atoms with Crippen LogP contribution in [0.25, 0.3) is 0 Å². The minimum absolute atomic E-state index is 0.00254. The highest BCUT2D eigenvalue weighted by molar-refractivity contribution is 9.10. The second-order valence-corrected chi connectivity index (χ2v) is 5.97. The number of nitrogens with one attached hydrogen (secondary N) is 1. The molecule has 19 heavy (non-hydrogen) atoms. The summed E-state index contributed by atoms with van der Waals surface area (Å²) in [6, 6.07) is 1.83. The average Bonchev–Trinajstić information content (AvgIpc) is 2.41. The third-order valence-electron chi connectivity index (χ3n) is 3.76. The van der Waals surface area contributed by atoms with Gasteiger partial charge in [0.2, 0.25) is 0 Å². The molecular weight excluding hydrogens is 310 g/mol. The van der Waals surface area contributed by atoms with Crippen LogP contribution in [0, 0.1) is 16.0 Å². The molecule has 1 heterocycles. The summed E-state index contributed by atoms with van der Waals surface area (Å²) in [5.41, 5.74) is 0.00254. The van der Waals surface area contributed by atoms with Gasteiger partial charge in [-0.25, -0.2) is 4.98 Å². The smallest absolute Gasteiger partial charge is 0.288 e. The van der Waals surface area contributed by atoms with E-state index in [9.17, 15) is 10.1 Å². The summed E-state index contributed by atoms with van der Waals surface area (Å²) in [6.45, 7) is 2.16. The largest absolute Gasteiger partial charge is 0.366 e. The summed E-state index contributed by atoms with van der Waals surface area (Å²) >= 11 is 3.34. The molecule has 0 spiro atoms. The van der Waals surface area contributed by atoms with E-state index in [2.05, 4.69) is 33.2 Å². The van der Waals surface area contributed by atoms with Crippen LogP contribution >= 0.6 is 15.9 Å². The SMILES string of the molecule is CC(Nc1ncc([N+](=O)[O-])cc1Br)C1CCCCC1. The molecule has 1 unspecified atom stereocenters. The maximum absolute atomic E-state index is 10.7. The Morgan fingerprint density at radius 1 is 1.47 bits per heavy atom. The molecule has 1 fully saturated rings. The van der Waals surface area contributed by atoms with Gasteiger partial charge in [0, 0.05) is 12.1 Å². The maximum atomic E-state index is 10.7. The molecule has 1 N–H and O–H groups in total. The fourth-order valence-electron chi connectivity index (χ4n) is 2.60. The summed E-state index contributed by atoms with van der Waals surface area (Å²) in [5, 5.41) is 14.0. The van der Waals surface area contributed by atoms with E-state index in [1.54, 1.807) is 0 Å². The Bertz CT molecular complexity index is 461. The van der Waals surface area contributed by atoms with Crippen molar-refractivity contribution in [2.75, 3.05) is 5.32 Å². The first-order chi connectivity index (χ1) is 9.08. The van der Waals surface area contributed by atoms with Crippen molar-refractivity contribution in [3.8, 4) is 0 Å². The summed E-state index contributed by atoms with van der Waals surface area (Å²) < 4.78 is 0.643. The number of hydrogen-bond acceptors (Lipinski definition) is 4. The van der Waals surface area contributed by atoms with E-state index in [1.807, 2.05) is 0 Å². The topological polar surface area (TPSA) is 68.1 Å². The quantitative estimate of drug-likeness (QED) is 0.666. The van der Waals surface area contributed by atoms with E-state index in [0.29, 0.717) is 22.3 Å². The Hall–Kier alpha value is -1.17. The summed E-state index contributed by atoms with van der Waals surface area (Å²) in [4.78, 5) is 14.4. The van der Waals surface area contributed by atoms with Gasteiger partial charge in [-0.1, -0.05) is 19.3 Å². The minimum Gasteiger partial charge on any atom is -0.366 e. The van der Waals surface area contributed by atoms with Crippen molar-refractivity contribution in [3.63, 3.8) is 0 Å². The van der Waals surface area contributed by atoms with E-state index in [0.717, 1.165) is 0 Å². The van der Waals surface area contributed by atoms with E-state index in [-0.39, 0.29) is 5.69 Å². The molecule has 0 radical (unpaired) electrons.